The van der Waals surface area contributed by atoms with Gasteiger partial charge in [0.1, 0.15) is 0 Å². The second-order valence-corrected chi connectivity index (χ2v) is 6.21. The van der Waals surface area contributed by atoms with Crippen LogP contribution in [0.1, 0.15) is 39.0 Å². The van der Waals surface area contributed by atoms with E-state index >= 15 is 0 Å². The van der Waals surface area contributed by atoms with E-state index in [0.717, 1.165) is 44.9 Å². The zero-order chi connectivity index (χ0) is 13.7. The first-order chi connectivity index (χ1) is 9.22. The molecule has 0 bridgehead atoms. The van der Waals surface area contributed by atoms with Crippen LogP contribution in [0.4, 0.5) is 0 Å². The van der Waals surface area contributed by atoms with Crippen LogP contribution in [-0.4, -0.2) is 50.1 Å². The lowest BCUT2D eigenvalue weighted by molar-refractivity contribution is -0.133. The van der Waals surface area contributed by atoms with E-state index in [1.807, 2.05) is 7.05 Å². The van der Waals surface area contributed by atoms with Crippen LogP contribution < -0.4 is 10.6 Å². The van der Waals surface area contributed by atoms with Gasteiger partial charge >= 0.3 is 0 Å². The summed E-state index contributed by atoms with van der Waals surface area (Å²) in [6.07, 6.45) is 5.53. The molecule has 2 unspecified atom stereocenters. The molecule has 2 rings (SSSR count). The second-order valence-electron chi connectivity index (χ2n) is 6.21. The van der Waals surface area contributed by atoms with Gasteiger partial charge in [0.05, 0.1) is 0 Å². The fourth-order valence-corrected chi connectivity index (χ4v) is 3.58. The van der Waals surface area contributed by atoms with Gasteiger partial charge in [0.25, 0.3) is 0 Å². The van der Waals surface area contributed by atoms with Gasteiger partial charge in [0.2, 0.25) is 5.91 Å². The molecule has 2 N–H and O–H groups in total. The van der Waals surface area contributed by atoms with Crippen LogP contribution in [0.15, 0.2) is 0 Å². The van der Waals surface area contributed by atoms with Crippen molar-refractivity contribution in [1.29, 1.82) is 0 Å². The molecule has 0 aromatic heterocycles. The number of hydrogen-bond acceptors (Lipinski definition) is 3. The Kier molecular flexibility index (Phi) is 5.64. The summed E-state index contributed by atoms with van der Waals surface area (Å²) in [4.78, 5) is 14.6. The van der Waals surface area contributed by atoms with E-state index in [2.05, 4.69) is 22.5 Å². The van der Waals surface area contributed by atoms with Crippen LogP contribution in [0.25, 0.3) is 0 Å². The van der Waals surface area contributed by atoms with Gasteiger partial charge in [0.15, 0.2) is 0 Å². The maximum atomic E-state index is 12.5. The van der Waals surface area contributed by atoms with Crippen molar-refractivity contribution in [2.45, 2.75) is 45.1 Å². The molecule has 0 radical (unpaired) electrons. The Morgan fingerprint density at radius 3 is 2.79 bits per heavy atom. The average Bonchev–Trinajstić information content (AvgIpc) is 2.88. The van der Waals surface area contributed by atoms with Crippen LogP contribution in [0.2, 0.25) is 0 Å². The third-order valence-electron chi connectivity index (χ3n) is 4.82. The van der Waals surface area contributed by atoms with E-state index in [1.54, 1.807) is 0 Å². The van der Waals surface area contributed by atoms with Crippen LogP contribution in [0.3, 0.4) is 0 Å². The molecule has 0 saturated carbocycles. The smallest absolute Gasteiger partial charge is 0.223 e. The molecule has 0 spiro atoms. The van der Waals surface area contributed by atoms with Crippen LogP contribution >= 0.6 is 0 Å². The van der Waals surface area contributed by atoms with Crippen molar-refractivity contribution in [2.24, 2.45) is 11.8 Å². The number of carbonyl (C=O) groups is 1. The highest BCUT2D eigenvalue weighted by atomic mass is 16.2. The number of likely N-dealkylation sites (tertiary alicyclic amines) is 1. The second kappa shape index (κ2) is 7.25. The molecule has 0 aromatic rings. The molecule has 2 aliphatic heterocycles. The molecule has 4 nitrogen and oxygen atoms in total. The molecule has 4 heteroatoms. The normalized spacial score (nSPS) is 26.6. The quantitative estimate of drug-likeness (QED) is 0.787. The lowest BCUT2D eigenvalue weighted by atomic mass is 9.84. The Morgan fingerprint density at radius 2 is 2.11 bits per heavy atom. The Labute approximate surface area is 117 Å². The first-order valence-corrected chi connectivity index (χ1v) is 7.87. The van der Waals surface area contributed by atoms with E-state index in [-0.39, 0.29) is 0 Å². The summed E-state index contributed by atoms with van der Waals surface area (Å²) >= 11 is 0. The van der Waals surface area contributed by atoms with E-state index < -0.39 is 0 Å². The summed E-state index contributed by atoms with van der Waals surface area (Å²) in [5.41, 5.74) is 0. The SMILES string of the molecule is CNCC1CCCN1C(=O)CC(C)C1CCNCC1. The molecule has 0 aliphatic carbocycles. The number of piperidine rings is 1. The van der Waals surface area contributed by atoms with Crippen molar-refractivity contribution in [3.8, 4) is 0 Å². The molecule has 2 heterocycles. The molecule has 1 amide bonds. The van der Waals surface area contributed by atoms with E-state index in [9.17, 15) is 4.79 Å². The maximum Gasteiger partial charge on any atom is 0.223 e. The van der Waals surface area contributed by atoms with Gasteiger partial charge in [-0.25, -0.2) is 0 Å². The van der Waals surface area contributed by atoms with Gasteiger partial charge in [0, 0.05) is 25.6 Å². The highest BCUT2D eigenvalue weighted by molar-refractivity contribution is 5.77. The predicted molar refractivity (Wildman–Crippen MR) is 78.0 cm³/mol. The molecule has 2 fully saturated rings. The highest BCUT2D eigenvalue weighted by Crippen LogP contribution is 2.26. The molecule has 19 heavy (non-hydrogen) atoms. The zero-order valence-corrected chi connectivity index (χ0v) is 12.5. The molecular formula is C15H29N3O. The van der Waals surface area contributed by atoms with E-state index in [4.69, 9.17) is 0 Å². The minimum atomic E-state index is 0.379. The monoisotopic (exact) mass is 267 g/mol. The van der Waals surface area contributed by atoms with Gasteiger partial charge in [-0.05, 0) is 57.7 Å². The van der Waals surface area contributed by atoms with Crippen LogP contribution in [0.5, 0.6) is 0 Å². The van der Waals surface area contributed by atoms with Crippen molar-refractivity contribution in [1.82, 2.24) is 15.5 Å². The van der Waals surface area contributed by atoms with E-state index in [0.29, 0.717) is 17.9 Å². The minimum Gasteiger partial charge on any atom is -0.338 e. The Hall–Kier alpha value is -0.610. The molecular weight excluding hydrogens is 238 g/mol. The minimum absolute atomic E-state index is 0.379. The highest BCUT2D eigenvalue weighted by Gasteiger charge is 2.30. The Bertz CT molecular complexity index is 289. The van der Waals surface area contributed by atoms with Gasteiger partial charge in [-0.15, -0.1) is 0 Å². The van der Waals surface area contributed by atoms with E-state index in [1.165, 1.54) is 19.3 Å². The average molecular weight is 267 g/mol. The van der Waals surface area contributed by atoms with Gasteiger partial charge in [-0.2, -0.15) is 0 Å². The number of rotatable bonds is 5. The maximum absolute atomic E-state index is 12.5. The van der Waals surface area contributed by atoms with Gasteiger partial charge in [-0.3, -0.25) is 4.79 Å². The van der Waals surface area contributed by atoms with Gasteiger partial charge in [-0.1, -0.05) is 6.92 Å². The third-order valence-corrected chi connectivity index (χ3v) is 4.82. The summed E-state index contributed by atoms with van der Waals surface area (Å²) in [5, 5.41) is 6.61. The van der Waals surface area contributed by atoms with Crippen molar-refractivity contribution >= 4 is 5.91 Å². The number of hydrogen-bond donors (Lipinski definition) is 2. The summed E-state index contributed by atoms with van der Waals surface area (Å²) < 4.78 is 0. The summed E-state index contributed by atoms with van der Waals surface area (Å²) in [6.45, 7) is 6.40. The number of likely N-dealkylation sites (N-methyl/N-ethyl adjacent to an activating group) is 1. The molecule has 0 aromatic carbocycles. The number of nitrogens with zero attached hydrogens (tertiary/aromatic N) is 1. The largest absolute Gasteiger partial charge is 0.338 e. The van der Waals surface area contributed by atoms with Gasteiger partial charge < -0.3 is 15.5 Å². The first kappa shape index (κ1) is 14.8. The summed E-state index contributed by atoms with van der Waals surface area (Å²) in [5.74, 6) is 1.64. The predicted octanol–water partition coefficient (Wildman–Crippen LogP) is 1.22. The number of amides is 1. The fraction of sp³-hybridized carbons (Fsp3) is 0.933. The molecule has 2 atom stereocenters. The van der Waals surface area contributed by atoms with Crippen molar-refractivity contribution in [3.05, 3.63) is 0 Å². The topological polar surface area (TPSA) is 44.4 Å². The Balaban J connectivity index is 1.82. The Morgan fingerprint density at radius 1 is 1.37 bits per heavy atom. The third kappa shape index (κ3) is 3.93. The van der Waals surface area contributed by atoms with Crippen molar-refractivity contribution in [3.63, 3.8) is 0 Å². The van der Waals surface area contributed by atoms with Crippen molar-refractivity contribution in [2.75, 3.05) is 33.2 Å². The number of nitrogens with one attached hydrogen (secondary N) is 2. The molecule has 110 valence electrons. The first-order valence-electron chi connectivity index (χ1n) is 7.87. The fourth-order valence-electron chi connectivity index (χ4n) is 3.58. The summed E-state index contributed by atoms with van der Waals surface area (Å²) in [7, 11) is 1.97. The van der Waals surface area contributed by atoms with Crippen LogP contribution in [-0.2, 0) is 4.79 Å². The van der Waals surface area contributed by atoms with Crippen molar-refractivity contribution < 1.29 is 4.79 Å². The number of carbonyl (C=O) groups excluding carboxylic acids is 1. The van der Waals surface area contributed by atoms with Crippen LogP contribution in [0, 0.1) is 11.8 Å². The molecule has 2 saturated heterocycles. The zero-order valence-electron chi connectivity index (χ0n) is 12.5. The lowest BCUT2D eigenvalue weighted by Gasteiger charge is -2.30. The molecule has 2 aliphatic rings. The lowest BCUT2D eigenvalue weighted by Crippen LogP contribution is -2.42. The summed E-state index contributed by atoms with van der Waals surface area (Å²) in [6, 6.07) is 0.428. The standard InChI is InChI=1S/C15H29N3O/c1-12(13-5-7-17-8-6-13)10-15(19)18-9-3-4-14(18)11-16-2/h12-14,16-17H,3-11H2,1-2H3.